The quantitative estimate of drug-likeness (QED) is 0.0595. The van der Waals surface area contributed by atoms with Gasteiger partial charge in [0, 0.05) is 33.3 Å². The van der Waals surface area contributed by atoms with E-state index in [0.717, 1.165) is 36.8 Å². The van der Waals surface area contributed by atoms with Gasteiger partial charge >= 0.3 is 23.9 Å². The Balaban J connectivity index is 1.19. The van der Waals surface area contributed by atoms with E-state index in [4.69, 9.17) is 61.6 Å². The standard InChI is InChI=1S/C57H63NO19S/c1-7-78-57-43(58-52(63)39-25-17-18-26-40(39)53(58)64)47(45-42(74-57)30-68-54(75-45)38-23-15-10-16-24-38)76-55-50(48(67-28-37-21-13-9-14-22-37)44(31(2)69-55)66-27-36-19-11-8-12-20-36)77-56-51(72-35(6)62)49(71-34(5)61)46(70-33(4)60)41(73-56)29-65-32(3)59/h8-26,31,41-51,54-57H,7,27-30H2,1-6H3/t31-,41+,42+,43+,44-,45+,46+,47+,48+,49-,50+,51+,54?,55-,56-,57-/m0/s1. The molecule has 5 aliphatic rings. The molecule has 5 aliphatic heterocycles. The molecule has 4 aromatic rings. The Kier molecular flexibility index (Phi) is 18.7. The maximum atomic E-state index is 14.7. The summed E-state index contributed by atoms with van der Waals surface area (Å²) < 4.78 is 84.5. The van der Waals surface area contributed by atoms with Crippen LogP contribution in [0, 0.1) is 0 Å². The fraction of sp³-hybridized carbons (Fsp3) is 0.474. The molecular weight excluding hydrogens is 1030 g/mol. The van der Waals surface area contributed by atoms with Gasteiger partial charge in [-0.2, -0.15) is 0 Å². The lowest BCUT2D eigenvalue weighted by atomic mass is 9.94. The minimum atomic E-state index is -1.77. The fourth-order valence-corrected chi connectivity index (χ4v) is 11.4. The highest BCUT2D eigenvalue weighted by molar-refractivity contribution is 7.99. The predicted octanol–water partition coefficient (Wildman–Crippen LogP) is 6.01. The monoisotopic (exact) mass is 1100 g/mol. The number of hydrogen-bond acceptors (Lipinski definition) is 20. The number of hydrogen-bond donors (Lipinski definition) is 0. The van der Waals surface area contributed by atoms with Crippen LogP contribution < -0.4 is 0 Å². The maximum Gasteiger partial charge on any atom is 0.303 e. The van der Waals surface area contributed by atoms with Gasteiger partial charge in [-0.15, -0.1) is 11.8 Å². The first-order valence-electron chi connectivity index (χ1n) is 25.8. The lowest BCUT2D eigenvalue weighted by Gasteiger charge is -2.53. The third kappa shape index (κ3) is 13.0. The second kappa shape index (κ2) is 25.8. The van der Waals surface area contributed by atoms with Crippen LogP contribution in [0.15, 0.2) is 115 Å². The Morgan fingerprint density at radius 2 is 1.10 bits per heavy atom. The molecule has 2 amide bonds. The van der Waals surface area contributed by atoms with Crippen molar-refractivity contribution in [1.82, 2.24) is 4.90 Å². The summed E-state index contributed by atoms with van der Waals surface area (Å²) in [6.07, 6.45) is -18.2. The molecule has 21 heteroatoms. The van der Waals surface area contributed by atoms with E-state index in [1.54, 1.807) is 31.2 Å². The molecule has 4 fully saturated rings. The second-order valence-corrected chi connectivity index (χ2v) is 20.6. The van der Waals surface area contributed by atoms with Crippen LogP contribution in [0.2, 0.25) is 0 Å². The first-order chi connectivity index (χ1) is 37.7. The summed E-state index contributed by atoms with van der Waals surface area (Å²) in [5.41, 5.74) is 1.75. The van der Waals surface area contributed by atoms with Gasteiger partial charge in [0.05, 0.1) is 37.1 Å². The summed E-state index contributed by atoms with van der Waals surface area (Å²) in [5, 5.41) is 0. The minimum Gasteiger partial charge on any atom is -0.463 e. The number of esters is 4. The topological polar surface area (TPSA) is 226 Å². The van der Waals surface area contributed by atoms with E-state index in [1.807, 2.05) is 97.9 Å². The Bertz CT molecular complexity index is 2680. The molecular formula is C57H63NO19S. The van der Waals surface area contributed by atoms with E-state index < -0.39 is 140 Å². The van der Waals surface area contributed by atoms with Crippen LogP contribution in [-0.4, -0.2) is 151 Å². The molecule has 0 bridgehead atoms. The number of imide groups is 1. The van der Waals surface area contributed by atoms with E-state index in [9.17, 15) is 28.8 Å². The normalized spacial score (nSPS) is 31.6. The number of benzene rings is 4. The van der Waals surface area contributed by atoms with Crippen molar-refractivity contribution in [2.45, 2.75) is 152 Å². The zero-order valence-electron chi connectivity index (χ0n) is 43.9. The highest BCUT2D eigenvalue weighted by atomic mass is 32.2. The number of nitrogens with zero attached hydrogens (tertiary/aromatic N) is 1. The fourth-order valence-electron chi connectivity index (χ4n) is 10.3. The molecule has 1 unspecified atom stereocenters. The summed E-state index contributed by atoms with van der Waals surface area (Å²) in [4.78, 5) is 81.9. The molecule has 9 rings (SSSR count). The molecule has 0 aliphatic carbocycles. The SMILES string of the molecule is CCS[C@@H]1O[C@@H]2COC(c3ccccc3)O[C@H]2[C@H](O[C@@H]2O[C@@H](C)[C@H](OCc3ccccc3)[C@@H](OCc3ccccc3)[C@H]2O[C@@H]2O[C@H](COC(C)=O)[C@@H](OC(C)=O)[C@H](OC(C)=O)[C@H]2OC(C)=O)[C@H]1N1C(=O)c2ccccc2C1=O. The zero-order chi connectivity index (χ0) is 55.0. The van der Waals surface area contributed by atoms with Crippen molar-refractivity contribution in [2.75, 3.05) is 19.0 Å². The van der Waals surface area contributed by atoms with Crippen LogP contribution in [-0.2, 0) is 94.0 Å². The van der Waals surface area contributed by atoms with Gasteiger partial charge in [-0.25, -0.2) is 0 Å². The zero-order valence-corrected chi connectivity index (χ0v) is 44.7. The van der Waals surface area contributed by atoms with Gasteiger partial charge in [0.2, 0.25) is 0 Å². The van der Waals surface area contributed by atoms with Gasteiger partial charge in [0.1, 0.15) is 60.8 Å². The number of amides is 2. The van der Waals surface area contributed by atoms with Crippen LogP contribution in [0.4, 0.5) is 0 Å². The van der Waals surface area contributed by atoms with Crippen molar-refractivity contribution in [3.05, 3.63) is 143 Å². The van der Waals surface area contributed by atoms with Gasteiger partial charge in [0.25, 0.3) is 11.8 Å². The maximum absolute atomic E-state index is 14.7. The molecule has 4 saturated heterocycles. The van der Waals surface area contributed by atoms with Crippen LogP contribution in [0.5, 0.6) is 0 Å². The van der Waals surface area contributed by atoms with Crippen molar-refractivity contribution in [1.29, 1.82) is 0 Å². The number of ether oxygens (including phenoxy) is 13. The molecule has 0 saturated carbocycles. The third-order valence-corrected chi connectivity index (χ3v) is 14.7. The summed E-state index contributed by atoms with van der Waals surface area (Å²) in [6, 6.07) is 33.3. The molecule has 4 aromatic carbocycles. The van der Waals surface area contributed by atoms with Crippen LogP contribution in [0.1, 0.15) is 85.2 Å². The summed E-state index contributed by atoms with van der Waals surface area (Å²) in [6.45, 7) is 7.75. The van der Waals surface area contributed by atoms with Crippen molar-refractivity contribution in [3.63, 3.8) is 0 Å². The highest BCUT2D eigenvalue weighted by Crippen LogP contribution is 2.44. The molecule has 20 nitrogen and oxygen atoms in total. The smallest absolute Gasteiger partial charge is 0.303 e. The van der Waals surface area contributed by atoms with E-state index in [2.05, 4.69) is 0 Å². The molecule has 0 spiro atoms. The van der Waals surface area contributed by atoms with E-state index in [0.29, 0.717) is 11.3 Å². The van der Waals surface area contributed by atoms with Gasteiger partial charge in [-0.1, -0.05) is 110 Å². The predicted molar refractivity (Wildman–Crippen MR) is 274 cm³/mol. The van der Waals surface area contributed by atoms with Crippen molar-refractivity contribution in [2.24, 2.45) is 0 Å². The molecule has 0 N–H and O–H groups in total. The van der Waals surface area contributed by atoms with Crippen LogP contribution in [0.25, 0.3) is 0 Å². The lowest BCUT2D eigenvalue weighted by Crippen LogP contribution is -2.70. The van der Waals surface area contributed by atoms with Crippen molar-refractivity contribution in [3.8, 4) is 0 Å². The lowest BCUT2D eigenvalue weighted by molar-refractivity contribution is -0.390. The number of carbonyl (C=O) groups excluding carboxylic acids is 6. The number of fused-ring (bicyclic) bond motifs is 2. The number of carbonyl (C=O) groups is 6. The summed E-state index contributed by atoms with van der Waals surface area (Å²) in [5.74, 6) is -3.92. The Hall–Kier alpha value is -6.11. The molecule has 416 valence electrons. The summed E-state index contributed by atoms with van der Waals surface area (Å²) >= 11 is 1.35. The van der Waals surface area contributed by atoms with Gasteiger partial charge in [0.15, 0.2) is 37.2 Å². The highest BCUT2D eigenvalue weighted by Gasteiger charge is 2.61. The third-order valence-electron chi connectivity index (χ3n) is 13.7. The largest absolute Gasteiger partial charge is 0.463 e. The van der Waals surface area contributed by atoms with Crippen molar-refractivity contribution >= 4 is 47.5 Å². The second-order valence-electron chi connectivity index (χ2n) is 19.2. The average Bonchev–Trinajstić information content (AvgIpc) is 3.91. The Morgan fingerprint density at radius 1 is 0.577 bits per heavy atom. The Morgan fingerprint density at radius 3 is 1.68 bits per heavy atom. The molecule has 5 heterocycles. The first kappa shape index (κ1) is 56.6. The van der Waals surface area contributed by atoms with Gasteiger partial charge in [-0.3, -0.25) is 33.7 Å². The van der Waals surface area contributed by atoms with Crippen LogP contribution >= 0.6 is 11.8 Å². The van der Waals surface area contributed by atoms with Gasteiger partial charge < -0.3 is 61.6 Å². The van der Waals surface area contributed by atoms with E-state index in [-0.39, 0.29) is 30.9 Å². The molecule has 0 aromatic heterocycles. The average molecular weight is 1100 g/mol. The first-order valence-corrected chi connectivity index (χ1v) is 26.9. The molecule has 16 atom stereocenters. The number of rotatable bonds is 19. The van der Waals surface area contributed by atoms with Crippen molar-refractivity contribution < 1.29 is 90.3 Å². The Labute approximate surface area is 455 Å². The van der Waals surface area contributed by atoms with Crippen LogP contribution in [0.3, 0.4) is 0 Å². The van der Waals surface area contributed by atoms with E-state index in [1.165, 1.54) is 18.7 Å². The minimum absolute atomic E-state index is 0.0113. The van der Waals surface area contributed by atoms with E-state index >= 15 is 0 Å². The summed E-state index contributed by atoms with van der Waals surface area (Å²) in [7, 11) is 0. The van der Waals surface area contributed by atoms with Gasteiger partial charge in [-0.05, 0) is 35.9 Å². The molecule has 78 heavy (non-hydrogen) atoms. The molecule has 0 radical (unpaired) electrons. The number of thioether (sulfide) groups is 1.